The highest BCUT2D eigenvalue weighted by Crippen LogP contribution is 2.70. The second-order valence-electron chi connectivity index (χ2n) is 15.2. The summed E-state index contributed by atoms with van der Waals surface area (Å²) >= 11 is 0. The predicted molar refractivity (Wildman–Crippen MR) is 171 cm³/mol. The average Bonchev–Trinajstić information content (AvgIpc) is 3.12. The summed E-state index contributed by atoms with van der Waals surface area (Å²) in [5, 5.41) is 21.8. The fraction of sp³-hybridized carbons (Fsp3) is 0.447. The molecule has 4 bridgehead atoms. The third kappa shape index (κ3) is 3.51. The molecule has 8 nitrogen and oxygen atoms in total. The number of aryl methyl sites for hydroxylation is 1. The number of phenolic OH excluding ortho intramolecular Hbond substituents is 1. The zero-order valence-electron chi connectivity index (χ0n) is 27.6. The van der Waals surface area contributed by atoms with Gasteiger partial charge < -0.3 is 24.4 Å². The lowest BCUT2D eigenvalue weighted by molar-refractivity contribution is -0.171. The Morgan fingerprint density at radius 2 is 1.78 bits per heavy atom. The molecule has 1 saturated carbocycles. The Morgan fingerprint density at radius 1 is 1.11 bits per heavy atom. The number of ketones is 2. The summed E-state index contributed by atoms with van der Waals surface area (Å²) in [5.74, 6) is -2.54. The Labute approximate surface area is 268 Å². The number of carbonyl (C=O) groups excluding carboxylic acids is 2. The maximum atomic E-state index is 15.0. The number of Topliss-reactive ketones (excluding diaryl/α,β-unsaturated/α-hetero) is 2. The average molecular weight is 625 g/mol. The molecule has 0 amide bonds. The number of benzene rings is 2. The number of aromatic hydroxyl groups is 1. The summed E-state index contributed by atoms with van der Waals surface area (Å²) in [6, 6.07) is 5.98. The van der Waals surface area contributed by atoms with Gasteiger partial charge in [-0.3, -0.25) is 9.59 Å². The molecule has 2 aromatic carbocycles. The van der Waals surface area contributed by atoms with Crippen molar-refractivity contribution in [1.82, 2.24) is 0 Å². The lowest BCUT2D eigenvalue weighted by Gasteiger charge is -2.56. The number of carbonyl (C=O) groups is 3. The minimum Gasteiger partial charge on any atom is -0.506 e. The summed E-state index contributed by atoms with van der Waals surface area (Å²) in [7, 11) is 0. The van der Waals surface area contributed by atoms with E-state index in [1.165, 1.54) is 13.0 Å². The van der Waals surface area contributed by atoms with Crippen LogP contribution in [0.2, 0.25) is 0 Å². The molecule has 0 unspecified atom stereocenters. The Kier molecular flexibility index (Phi) is 5.96. The molecule has 3 heterocycles. The van der Waals surface area contributed by atoms with Gasteiger partial charge in [0.15, 0.2) is 22.8 Å². The topological polar surface area (TPSA) is 119 Å². The Bertz CT molecular complexity index is 1890. The number of rotatable bonds is 5. The van der Waals surface area contributed by atoms with Gasteiger partial charge in [-0.1, -0.05) is 55.8 Å². The largest absolute Gasteiger partial charge is 0.506 e. The van der Waals surface area contributed by atoms with Crippen molar-refractivity contribution >= 4 is 17.5 Å². The second kappa shape index (κ2) is 9.00. The molecule has 3 aliphatic heterocycles. The monoisotopic (exact) mass is 624 g/mol. The number of carboxylic acid groups (broad SMARTS) is 1. The fourth-order valence-corrected chi connectivity index (χ4v) is 8.76. The maximum Gasteiger partial charge on any atom is 0.330 e. The number of aliphatic carboxylic acids is 1. The fourth-order valence-electron chi connectivity index (χ4n) is 8.76. The van der Waals surface area contributed by atoms with Crippen molar-refractivity contribution in [1.29, 1.82) is 0 Å². The van der Waals surface area contributed by atoms with Gasteiger partial charge in [0.1, 0.15) is 28.4 Å². The third-order valence-electron chi connectivity index (χ3n) is 11.1. The minimum atomic E-state index is -1.66. The van der Waals surface area contributed by atoms with E-state index in [1.807, 2.05) is 66.7 Å². The standard InChI is InChI=1S/C38H40O8/c1-10-34(4,5)27-30-25(21-15-18(2)11-12-22(21)35(6,7)44-30)29(40)26-28(39)23-16-20-17-24-36(8,9)46-37(32(20)41,14-13-19(3)33(42)43)38(23,24)45-31(26)27/h10-13,15-16,20,24,40H,1,14,17H2,2-9H3,(H,42,43)/b19-13+/t20-,24+,37+,38-/m0/s1. The molecule has 2 N–H and O–H groups in total. The number of hydrogen-bond acceptors (Lipinski definition) is 7. The van der Waals surface area contributed by atoms with E-state index in [4.69, 9.17) is 14.2 Å². The molecule has 8 heteroatoms. The third-order valence-corrected chi connectivity index (χ3v) is 11.1. The number of ether oxygens (including phenoxy) is 3. The molecule has 0 aromatic heterocycles. The number of allylic oxidation sites excluding steroid dienone is 2. The number of carboxylic acids is 1. The van der Waals surface area contributed by atoms with Gasteiger partial charge in [0.2, 0.25) is 0 Å². The van der Waals surface area contributed by atoms with E-state index in [0.29, 0.717) is 23.3 Å². The molecule has 2 fully saturated rings. The van der Waals surface area contributed by atoms with Crippen LogP contribution in [0.25, 0.3) is 11.1 Å². The summed E-state index contributed by atoms with van der Waals surface area (Å²) in [6.07, 6.45) is 5.25. The molecule has 1 spiro atoms. The first-order valence-corrected chi connectivity index (χ1v) is 15.8. The highest BCUT2D eigenvalue weighted by Gasteiger charge is 2.81. The molecule has 6 aliphatic rings. The van der Waals surface area contributed by atoms with E-state index in [2.05, 4.69) is 6.58 Å². The van der Waals surface area contributed by atoms with Crippen LogP contribution in [0.15, 0.2) is 54.2 Å². The van der Waals surface area contributed by atoms with Crippen molar-refractivity contribution in [2.45, 2.75) is 96.1 Å². The lowest BCUT2D eigenvalue weighted by Crippen LogP contribution is -2.72. The van der Waals surface area contributed by atoms with E-state index < -0.39 is 51.4 Å². The first-order chi connectivity index (χ1) is 21.3. The van der Waals surface area contributed by atoms with Crippen LogP contribution in [-0.2, 0) is 25.3 Å². The van der Waals surface area contributed by atoms with Crippen LogP contribution in [0.1, 0.15) is 88.4 Å². The van der Waals surface area contributed by atoms with Gasteiger partial charge in [0.25, 0.3) is 0 Å². The first kappa shape index (κ1) is 30.5. The van der Waals surface area contributed by atoms with Crippen molar-refractivity contribution < 1.29 is 38.8 Å². The summed E-state index contributed by atoms with van der Waals surface area (Å²) < 4.78 is 20.7. The van der Waals surface area contributed by atoms with Crippen LogP contribution < -0.4 is 9.47 Å². The SMILES string of the molecule is C=CC(C)(C)c1c2c(c(O)c3c1OC(C)(C)c1ccc(C)cc1-3)C(=O)C1=C[C@H]3C[C@@H]4C(C)(C)O[C@](C/C=C(\C)C(=O)O)(C3=O)[C@]14O2. The zero-order valence-corrected chi connectivity index (χ0v) is 27.6. The van der Waals surface area contributed by atoms with Gasteiger partial charge in [-0.05, 0) is 53.5 Å². The molecular formula is C38H40O8. The van der Waals surface area contributed by atoms with Gasteiger partial charge >= 0.3 is 5.97 Å². The number of hydrogen-bond donors (Lipinski definition) is 2. The lowest BCUT2D eigenvalue weighted by atomic mass is 9.51. The summed E-state index contributed by atoms with van der Waals surface area (Å²) in [6.45, 7) is 19.1. The van der Waals surface area contributed by atoms with Crippen LogP contribution in [0, 0.1) is 18.8 Å². The smallest absolute Gasteiger partial charge is 0.330 e. The number of fused-ring (bicyclic) bond motifs is 4. The van der Waals surface area contributed by atoms with E-state index in [1.54, 1.807) is 12.2 Å². The molecule has 46 heavy (non-hydrogen) atoms. The van der Waals surface area contributed by atoms with Gasteiger partial charge in [0, 0.05) is 45.9 Å². The van der Waals surface area contributed by atoms with Crippen molar-refractivity contribution in [3.05, 3.63) is 76.4 Å². The number of phenols is 1. The van der Waals surface area contributed by atoms with Gasteiger partial charge in [-0.25, -0.2) is 4.79 Å². The molecule has 3 aliphatic carbocycles. The molecule has 1 saturated heterocycles. The molecule has 0 radical (unpaired) electrons. The van der Waals surface area contributed by atoms with Crippen molar-refractivity contribution in [3.8, 4) is 28.4 Å². The van der Waals surface area contributed by atoms with E-state index in [-0.39, 0.29) is 40.4 Å². The minimum absolute atomic E-state index is 0.0147. The highest BCUT2D eigenvalue weighted by molar-refractivity contribution is 6.19. The van der Waals surface area contributed by atoms with E-state index in [0.717, 1.165) is 16.7 Å². The first-order valence-electron chi connectivity index (χ1n) is 15.8. The molecule has 240 valence electrons. The molecular weight excluding hydrogens is 584 g/mol. The zero-order chi connectivity index (χ0) is 33.5. The van der Waals surface area contributed by atoms with Crippen LogP contribution >= 0.6 is 0 Å². The van der Waals surface area contributed by atoms with Gasteiger partial charge in [0.05, 0.1) is 11.2 Å². The predicted octanol–water partition coefficient (Wildman–Crippen LogP) is 6.89. The Hall–Kier alpha value is -4.17. The van der Waals surface area contributed by atoms with Crippen LogP contribution in [0.4, 0.5) is 0 Å². The highest BCUT2D eigenvalue weighted by atomic mass is 16.6. The Morgan fingerprint density at radius 3 is 2.43 bits per heavy atom. The van der Waals surface area contributed by atoms with Crippen molar-refractivity contribution in [2.75, 3.05) is 0 Å². The molecule has 8 rings (SSSR count). The maximum absolute atomic E-state index is 15.0. The normalized spacial score (nSPS) is 29.5. The van der Waals surface area contributed by atoms with Crippen LogP contribution in [0.3, 0.4) is 0 Å². The molecule has 2 aromatic rings. The second-order valence-corrected chi connectivity index (χ2v) is 15.2. The summed E-state index contributed by atoms with van der Waals surface area (Å²) in [5.41, 5.74) is -1.82. The van der Waals surface area contributed by atoms with Crippen LogP contribution in [0.5, 0.6) is 17.2 Å². The molecule has 4 atom stereocenters. The van der Waals surface area contributed by atoms with Gasteiger partial charge in [-0.2, -0.15) is 0 Å². The van der Waals surface area contributed by atoms with Crippen LogP contribution in [-0.4, -0.2) is 44.6 Å². The van der Waals surface area contributed by atoms with Gasteiger partial charge in [-0.15, -0.1) is 6.58 Å². The van der Waals surface area contributed by atoms with Crippen molar-refractivity contribution in [3.63, 3.8) is 0 Å². The van der Waals surface area contributed by atoms with E-state index >= 15 is 0 Å². The van der Waals surface area contributed by atoms with Crippen molar-refractivity contribution in [2.24, 2.45) is 11.8 Å². The Balaban J connectivity index is 1.59. The summed E-state index contributed by atoms with van der Waals surface area (Å²) in [4.78, 5) is 41.2. The van der Waals surface area contributed by atoms with E-state index in [9.17, 15) is 24.6 Å². The quantitative estimate of drug-likeness (QED) is 0.273.